The van der Waals surface area contributed by atoms with Crippen LogP contribution < -0.4 is 0 Å². The quantitative estimate of drug-likeness (QED) is 0.887. The van der Waals surface area contributed by atoms with Gasteiger partial charge in [-0.25, -0.2) is 8.42 Å². The van der Waals surface area contributed by atoms with Crippen LogP contribution >= 0.6 is 15.9 Å². The second kappa shape index (κ2) is 5.59. The predicted molar refractivity (Wildman–Crippen MR) is 66.2 cm³/mol. The third-order valence-corrected chi connectivity index (χ3v) is 4.29. The Morgan fingerprint density at radius 1 is 1.53 bits per heavy atom. The van der Waals surface area contributed by atoms with E-state index in [1.54, 1.807) is 12.3 Å². The van der Waals surface area contributed by atoms with Crippen molar-refractivity contribution in [2.24, 2.45) is 5.92 Å². The molecule has 1 N–H and O–H groups in total. The van der Waals surface area contributed by atoms with E-state index in [4.69, 9.17) is 5.11 Å². The van der Waals surface area contributed by atoms with Crippen LogP contribution in [0.1, 0.15) is 12.5 Å². The Kier molecular flexibility index (Phi) is 4.64. The van der Waals surface area contributed by atoms with E-state index in [-0.39, 0.29) is 11.5 Å². The summed E-state index contributed by atoms with van der Waals surface area (Å²) in [6, 6.07) is 1.65. The number of carboxylic acid groups (broad SMARTS) is 1. The van der Waals surface area contributed by atoms with Crippen LogP contribution in [-0.4, -0.2) is 30.2 Å². The molecule has 1 unspecified atom stereocenters. The maximum Gasteiger partial charge on any atom is 0.307 e. The molecule has 1 aromatic rings. The van der Waals surface area contributed by atoms with Gasteiger partial charge in [-0.15, -0.1) is 0 Å². The Morgan fingerprint density at radius 2 is 2.18 bits per heavy atom. The summed E-state index contributed by atoms with van der Waals surface area (Å²) in [6.07, 6.45) is 3.00. The lowest BCUT2D eigenvalue weighted by Gasteiger charge is -2.07. The van der Waals surface area contributed by atoms with Crippen molar-refractivity contribution in [1.82, 2.24) is 4.98 Å². The third kappa shape index (κ3) is 4.82. The van der Waals surface area contributed by atoms with Crippen molar-refractivity contribution in [2.75, 3.05) is 5.75 Å². The highest BCUT2D eigenvalue weighted by Gasteiger charge is 2.21. The van der Waals surface area contributed by atoms with Gasteiger partial charge in [0.25, 0.3) is 0 Å². The lowest BCUT2D eigenvalue weighted by molar-refractivity contribution is -0.140. The van der Waals surface area contributed by atoms with Crippen molar-refractivity contribution in [3.8, 4) is 0 Å². The molecular weight excluding hydrogens is 310 g/mol. The molecule has 94 valence electrons. The highest BCUT2D eigenvalue weighted by atomic mass is 79.9. The van der Waals surface area contributed by atoms with Crippen LogP contribution in [0, 0.1) is 5.92 Å². The zero-order valence-corrected chi connectivity index (χ0v) is 11.5. The maximum absolute atomic E-state index is 11.7. The molecular formula is C10H12BrNO4S. The molecule has 5 nitrogen and oxygen atoms in total. The molecule has 0 fully saturated rings. The summed E-state index contributed by atoms with van der Waals surface area (Å²) < 4.78 is 24.1. The van der Waals surface area contributed by atoms with Gasteiger partial charge < -0.3 is 5.11 Å². The number of hydrogen-bond donors (Lipinski definition) is 1. The molecule has 0 saturated heterocycles. The molecule has 0 spiro atoms. The smallest absolute Gasteiger partial charge is 0.307 e. The maximum atomic E-state index is 11.7. The minimum Gasteiger partial charge on any atom is -0.481 e. The molecule has 0 aliphatic rings. The fourth-order valence-electron chi connectivity index (χ4n) is 1.30. The normalized spacial score (nSPS) is 13.3. The molecule has 0 amide bonds. The molecule has 1 heterocycles. The van der Waals surface area contributed by atoms with Crippen molar-refractivity contribution in [3.63, 3.8) is 0 Å². The van der Waals surface area contributed by atoms with E-state index in [1.807, 2.05) is 0 Å². The van der Waals surface area contributed by atoms with Crippen LogP contribution in [0.25, 0.3) is 0 Å². The number of carbonyl (C=O) groups is 1. The predicted octanol–water partition coefficient (Wildman–Crippen LogP) is 1.48. The number of carboxylic acids is 1. The van der Waals surface area contributed by atoms with Crippen LogP contribution in [0.15, 0.2) is 22.9 Å². The summed E-state index contributed by atoms with van der Waals surface area (Å²) >= 11 is 3.19. The van der Waals surface area contributed by atoms with Crippen molar-refractivity contribution in [2.45, 2.75) is 12.7 Å². The van der Waals surface area contributed by atoms with Gasteiger partial charge in [-0.1, -0.05) is 6.92 Å². The summed E-state index contributed by atoms with van der Waals surface area (Å²) in [5.74, 6) is -2.58. The third-order valence-electron chi connectivity index (χ3n) is 2.07. The van der Waals surface area contributed by atoms with Gasteiger partial charge >= 0.3 is 5.97 Å². The van der Waals surface area contributed by atoms with Crippen molar-refractivity contribution in [1.29, 1.82) is 0 Å². The zero-order valence-electron chi connectivity index (χ0n) is 9.13. The van der Waals surface area contributed by atoms with Gasteiger partial charge in [-0.2, -0.15) is 0 Å². The van der Waals surface area contributed by atoms with Crippen LogP contribution in [0.4, 0.5) is 0 Å². The number of aliphatic carboxylic acids is 1. The van der Waals surface area contributed by atoms with E-state index in [2.05, 4.69) is 20.9 Å². The number of rotatable bonds is 5. The topological polar surface area (TPSA) is 84.3 Å². The Balaban J connectivity index is 2.77. The first-order valence-electron chi connectivity index (χ1n) is 4.83. The number of aromatic nitrogens is 1. The van der Waals surface area contributed by atoms with Crippen molar-refractivity contribution in [3.05, 3.63) is 28.5 Å². The summed E-state index contributed by atoms with van der Waals surface area (Å²) in [5, 5.41) is 8.67. The van der Waals surface area contributed by atoms with Crippen molar-refractivity contribution >= 4 is 31.7 Å². The second-order valence-corrected chi connectivity index (χ2v) is 6.83. The summed E-state index contributed by atoms with van der Waals surface area (Å²) in [5.41, 5.74) is 0.539. The number of halogens is 1. The van der Waals surface area contributed by atoms with Gasteiger partial charge in [0.15, 0.2) is 9.84 Å². The van der Waals surface area contributed by atoms with E-state index in [0.29, 0.717) is 10.0 Å². The van der Waals surface area contributed by atoms with Gasteiger partial charge in [0.05, 0.1) is 17.4 Å². The van der Waals surface area contributed by atoms with Gasteiger partial charge in [-0.05, 0) is 27.6 Å². The highest BCUT2D eigenvalue weighted by molar-refractivity contribution is 9.10. The molecule has 0 bridgehead atoms. The molecule has 0 aliphatic heterocycles. The van der Waals surface area contributed by atoms with E-state index in [1.165, 1.54) is 13.1 Å². The molecule has 17 heavy (non-hydrogen) atoms. The fraction of sp³-hybridized carbons (Fsp3) is 0.400. The van der Waals surface area contributed by atoms with Gasteiger partial charge in [-0.3, -0.25) is 9.78 Å². The van der Waals surface area contributed by atoms with Gasteiger partial charge in [0.1, 0.15) is 0 Å². The summed E-state index contributed by atoms with van der Waals surface area (Å²) in [6.45, 7) is 1.37. The molecule has 0 saturated carbocycles. The van der Waals surface area contributed by atoms with Crippen LogP contribution in [0.3, 0.4) is 0 Å². The second-order valence-electron chi connectivity index (χ2n) is 3.81. The largest absolute Gasteiger partial charge is 0.481 e. The number of hydrogen-bond acceptors (Lipinski definition) is 4. The van der Waals surface area contributed by atoms with Crippen LogP contribution in [0.5, 0.6) is 0 Å². The fourth-order valence-corrected chi connectivity index (χ4v) is 3.40. The Bertz CT molecular complexity index is 515. The van der Waals surface area contributed by atoms with E-state index >= 15 is 0 Å². The minimum absolute atomic E-state index is 0.197. The first-order valence-corrected chi connectivity index (χ1v) is 7.44. The average molecular weight is 322 g/mol. The monoisotopic (exact) mass is 321 g/mol. The van der Waals surface area contributed by atoms with Gasteiger partial charge in [0, 0.05) is 16.9 Å². The molecule has 1 atom stereocenters. The number of pyridine rings is 1. The standard InChI is InChI=1S/C10H12BrNO4S/c1-7(10(13)14)5-17(15,16)6-8-2-9(11)4-12-3-8/h2-4,7H,5-6H2,1H3,(H,13,14). The molecule has 7 heteroatoms. The zero-order chi connectivity index (χ0) is 13.1. The first-order chi connectivity index (χ1) is 7.80. The van der Waals surface area contributed by atoms with Crippen molar-refractivity contribution < 1.29 is 18.3 Å². The van der Waals surface area contributed by atoms with E-state index in [9.17, 15) is 13.2 Å². The lowest BCUT2D eigenvalue weighted by atomic mass is 10.2. The number of nitrogens with zero attached hydrogens (tertiary/aromatic N) is 1. The Hall–Kier alpha value is -0.950. The van der Waals surface area contributed by atoms with Crippen LogP contribution in [0.2, 0.25) is 0 Å². The Labute approximate surface area is 108 Å². The highest BCUT2D eigenvalue weighted by Crippen LogP contribution is 2.14. The number of sulfone groups is 1. The van der Waals surface area contributed by atoms with Crippen LogP contribution in [-0.2, 0) is 20.4 Å². The molecule has 0 aliphatic carbocycles. The molecule has 0 radical (unpaired) electrons. The SMILES string of the molecule is CC(CS(=O)(=O)Cc1cncc(Br)c1)C(=O)O. The summed E-state index contributed by atoms with van der Waals surface area (Å²) in [4.78, 5) is 14.5. The van der Waals surface area contributed by atoms with E-state index < -0.39 is 21.7 Å². The van der Waals surface area contributed by atoms with E-state index in [0.717, 1.165) is 0 Å². The molecule has 1 aromatic heterocycles. The first kappa shape index (κ1) is 14.1. The Morgan fingerprint density at radius 3 is 2.71 bits per heavy atom. The molecule has 0 aromatic carbocycles. The summed E-state index contributed by atoms with van der Waals surface area (Å²) in [7, 11) is -3.44. The van der Waals surface area contributed by atoms with Gasteiger partial charge in [0.2, 0.25) is 0 Å². The average Bonchev–Trinajstić information content (AvgIpc) is 2.15. The minimum atomic E-state index is -3.44. The molecule has 1 rings (SSSR count). The lowest BCUT2D eigenvalue weighted by Crippen LogP contribution is -2.22.